The Morgan fingerprint density at radius 2 is 0.506 bits per heavy atom. The molecule has 462 valence electrons. The van der Waals surface area contributed by atoms with Gasteiger partial charge in [-0.05, 0) is 66.3 Å². The topological polar surface area (TPSA) is 264 Å². The highest BCUT2D eigenvalue weighted by Crippen LogP contribution is 2.45. The number of rotatable bonds is 15. The first kappa shape index (κ1) is 65.3. The molecule has 0 fully saturated rings. The van der Waals surface area contributed by atoms with E-state index in [0.29, 0.717) is 50.6 Å². The maximum atomic E-state index is 13.1. The van der Waals surface area contributed by atoms with Crippen LogP contribution in [0.1, 0.15) is 146 Å². The van der Waals surface area contributed by atoms with Crippen molar-refractivity contribution < 1.29 is 71.8 Å². The predicted molar refractivity (Wildman–Crippen MR) is 324 cm³/mol. The summed E-state index contributed by atoms with van der Waals surface area (Å²) >= 11 is 0. The summed E-state index contributed by atoms with van der Waals surface area (Å²) in [6.07, 6.45) is -0.516. The molecule has 6 aromatic rings. The highest BCUT2D eigenvalue weighted by molar-refractivity contribution is 5.73. The summed E-state index contributed by atoms with van der Waals surface area (Å²) in [5.74, 6) is -0.896. The zero-order chi connectivity index (χ0) is 64.0. The quantitative estimate of drug-likeness (QED) is 0.0399. The number of carbonyl (C=O) groups is 3. The normalized spacial score (nSPS) is 12.6. The molecule has 1 aliphatic rings. The van der Waals surface area contributed by atoms with E-state index in [4.69, 9.17) is 42.6 Å². The zero-order valence-corrected chi connectivity index (χ0v) is 52.0. The van der Waals surface area contributed by atoms with Crippen LogP contribution in [0.3, 0.4) is 0 Å². The lowest BCUT2D eigenvalue weighted by Crippen LogP contribution is -2.17. The summed E-state index contributed by atoms with van der Waals surface area (Å²) in [6.45, 7) is 16.2. The van der Waals surface area contributed by atoms with Crippen molar-refractivity contribution in [1.82, 2.24) is 0 Å². The molecule has 0 N–H and O–H groups in total. The zero-order valence-electron chi connectivity index (χ0n) is 52.0. The van der Waals surface area contributed by atoms with Gasteiger partial charge in [0.15, 0.2) is 19.8 Å². The lowest BCUT2D eigenvalue weighted by molar-refractivity contribution is -0.385. The van der Waals surface area contributed by atoms with Gasteiger partial charge in [-0.15, -0.1) is 0 Å². The molecule has 12 bridgehead atoms. The lowest BCUT2D eigenvalue weighted by atomic mass is 9.81. The standard InChI is InChI=1S/C66H75N3O18/c1-64(2,3)49-22-37-16-43-28-52(67(73)74)30-45(61(43)85-34-55(70)79-10)18-39-24-50(65(4,5)6)26-41(59(39)83-14)20-47-32-54(69(77)78)33-48(63(47)87-36-57(72)81-12)21-42-27-51(66(7,8)9)25-40(60(42)84-15)19-46-31-53(68(75)76)29-44(17-38(23-49)58(37)82-13)62(46)86-35-56(71)80-11/h22-33H,16-21,34-36H2,1-15H3. The van der Waals surface area contributed by atoms with Crippen LogP contribution in [0.4, 0.5) is 17.1 Å². The third-order valence-corrected chi connectivity index (χ3v) is 15.2. The smallest absolute Gasteiger partial charge is 0.343 e. The van der Waals surface area contributed by atoms with Crippen molar-refractivity contribution in [3.05, 3.63) is 187 Å². The number of nitro groups is 3. The number of ether oxygens (including phenoxy) is 9. The van der Waals surface area contributed by atoms with Crippen LogP contribution in [0.15, 0.2) is 72.8 Å². The highest BCUT2D eigenvalue weighted by Gasteiger charge is 2.31. The maximum absolute atomic E-state index is 13.1. The van der Waals surface area contributed by atoms with Crippen LogP contribution in [-0.4, -0.2) is 95.2 Å². The molecular weight excluding hydrogens is 1120 g/mol. The Labute approximate surface area is 505 Å². The fraction of sp³-hybridized carbons (Fsp3) is 0.409. The molecule has 0 aliphatic heterocycles. The molecule has 0 saturated heterocycles. The van der Waals surface area contributed by atoms with E-state index in [1.165, 1.54) is 79.1 Å². The number of fused-ring (bicyclic) bond motifs is 12. The Morgan fingerprint density at radius 3 is 0.644 bits per heavy atom. The second-order valence-electron chi connectivity index (χ2n) is 24.4. The Morgan fingerprint density at radius 1 is 0.333 bits per heavy atom. The number of benzene rings is 6. The van der Waals surface area contributed by atoms with Gasteiger partial charge >= 0.3 is 17.9 Å². The molecule has 0 saturated carbocycles. The van der Waals surface area contributed by atoms with Crippen LogP contribution < -0.4 is 28.4 Å². The van der Waals surface area contributed by atoms with Crippen molar-refractivity contribution in [2.24, 2.45) is 0 Å². The summed E-state index contributed by atoms with van der Waals surface area (Å²) in [5, 5.41) is 39.4. The number of non-ortho nitro benzene ring substituents is 3. The molecular formula is C66H75N3O18. The third kappa shape index (κ3) is 15.2. The molecule has 1 aliphatic carbocycles. The van der Waals surface area contributed by atoms with E-state index in [2.05, 4.69) is 0 Å². The molecule has 21 heteroatoms. The third-order valence-electron chi connectivity index (χ3n) is 15.2. The van der Waals surface area contributed by atoms with E-state index in [0.717, 1.165) is 16.7 Å². The van der Waals surface area contributed by atoms with Crippen LogP contribution in [0, 0.1) is 30.3 Å². The Kier molecular flexibility index (Phi) is 19.9. The average molecular weight is 1200 g/mol. The minimum absolute atomic E-state index is 0.0860. The van der Waals surface area contributed by atoms with Crippen molar-refractivity contribution in [1.29, 1.82) is 0 Å². The summed E-state index contributed by atoms with van der Waals surface area (Å²) < 4.78 is 53.2. The van der Waals surface area contributed by atoms with Crippen LogP contribution in [-0.2, 0) is 83.4 Å². The van der Waals surface area contributed by atoms with E-state index in [9.17, 15) is 44.7 Å². The molecule has 0 aromatic heterocycles. The number of nitro benzene ring substituents is 3. The van der Waals surface area contributed by atoms with Crippen LogP contribution in [0.5, 0.6) is 34.5 Å². The largest absolute Gasteiger partial charge is 0.496 e. The molecule has 7 rings (SSSR count). The lowest BCUT2D eigenvalue weighted by Gasteiger charge is -2.26. The van der Waals surface area contributed by atoms with Gasteiger partial charge in [0.2, 0.25) is 0 Å². The molecule has 87 heavy (non-hydrogen) atoms. The number of esters is 3. The first-order chi connectivity index (χ1) is 40.9. The van der Waals surface area contributed by atoms with Gasteiger partial charge in [0.25, 0.3) is 17.1 Å². The number of hydrogen-bond acceptors (Lipinski definition) is 18. The summed E-state index contributed by atoms with van der Waals surface area (Å²) in [6, 6.07) is 19.7. The minimum Gasteiger partial charge on any atom is -0.496 e. The van der Waals surface area contributed by atoms with E-state index in [1.807, 2.05) is 98.7 Å². The molecule has 0 heterocycles. The van der Waals surface area contributed by atoms with Crippen molar-refractivity contribution in [3.63, 3.8) is 0 Å². The monoisotopic (exact) mass is 1200 g/mol. The second-order valence-corrected chi connectivity index (χ2v) is 24.4. The Balaban J connectivity index is 1.69. The fourth-order valence-corrected chi connectivity index (χ4v) is 10.8. The molecule has 21 nitrogen and oxygen atoms in total. The SMILES string of the molecule is COC(=O)COc1c2cc([N+](=O)[O-])cc1Cc1cc(C(C)(C)C)cc(c1OC)Cc1cc([N+](=O)[O-])cc(c1OCC(=O)OC)Cc1cc(C(C)(C)C)cc(c1OC)Cc1cc([N+](=O)[O-])cc(c1OCC(=O)OC)Cc1cc(C(C)(C)C)cc(c1OC)C2. The molecule has 6 aromatic carbocycles. The Bertz CT molecular complexity index is 3160. The highest BCUT2D eigenvalue weighted by atomic mass is 16.6. The molecule has 0 radical (unpaired) electrons. The summed E-state index contributed by atoms with van der Waals surface area (Å²) in [5.41, 5.74) is 4.63. The molecule has 0 unspecified atom stereocenters. The fourth-order valence-electron chi connectivity index (χ4n) is 10.8. The van der Waals surface area contributed by atoms with Crippen LogP contribution in [0.25, 0.3) is 0 Å². The minimum atomic E-state index is -0.738. The van der Waals surface area contributed by atoms with Gasteiger partial charge < -0.3 is 42.6 Å². The van der Waals surface area contributed by atoms with Crippen LogP contribution in [0.2, 0.25) is 0 Å². The average Bonchev–Trinajstić information content (AvgIpc) is 0.955. The second kappa shape index (κ2) is 26.6. The Hall–Kier alpha value is -9.27. The van der Waals surface area contributed by atoms with Gasteiger partial charge in [0.05, 0.1) is 57.4 Å². The summed E-state index contributed by atoms with van der Waals surface area (Å²) in [7, 11) is 8.01. The predicted octanol–water partition coefficient (Wildman–Crippen LogP) is 11.8. The van der Waals surface area contributed by atoms with Crippen molar-refractivity contribution >= 4 is 35.0 Å². The molecule has 0 amide bonds. The van der Waals surface area contributed by atoms with Gasteiger partial charge in [-0.25, -0.2) is 14.4 Å². The number of methoxy groups -OCH3 is 6. The van der Waals surface area contributed by atoms with Gasteiger partial charge in [0, 0.05) is 108 Å². The molecule has 0 spiro atoms. The van der Waals surface area contributed by atoms with Crippen molar-refractivity contribution in [2.45, 2.75) is 117 Å². The van der Waals surface area contributed by atoms with Crippen molar-refractivity contribution in [3.8, 4) is 34.5 Å². The number of carbonyl (C=O) groups excluding carboxylic acids is 3. The van der Waals surface area contributed by atoms with E-state index in [-0.39, 0.29) is 106 Å². The first-order valence-electron chi connectivity index (χ1n) is 28.0. The van der Waals surface area contributed by atoms with Gasteiger partial charge in [0.1, 0.15) is 34.5 Å². The van der Waals surface area contributed by atoms with E-state index in [1.54, 1.807) is 0 Å². The molecule has 0 atom stereocenters. The van der Waals surface area contributed by atoms with Gasteiger partial charge in [-0.2, -0.15) is 0 Å². The van der Waals surface area contributed by atoms with Gasteiger partial charge in [-0.3, -0.25) is 30.3 Å². The van der Waals surface area contributed by atoms with E-state index >= 15 is 0 Å². The number of nitrogens with zero attached hydrogens (tertiary/aromatic N) is 3. The van der Waals surface area contributed by atoms with Gasteiger partial charge in [-0.1, -0.05) is 98.7 Å². The van der Waals surface area contributed by atoms with E-state index < -0.39 is 68.7 Å². The van der Waals surface area contributed by atoms with Crippen molar-refractivity contribution in [2.75, 3.05) is 62.5 Å². The maximum Gasteiger partial charge on any atom is 0.343 e. The first-order valence-corrected chi connectivity index (χ1v) is 28.0. The number of hydrogen-bond donors (Lipinski definition) is 0. The summed E-state index contributed by atoms with van der Waals surface area (Å²) in [4.78, 5) is 76.9. The van der Waals surface area contributed by atoms with Crippen LogP contribution >= 0.6 is 0 Å².